The molecule has 2 aromatic rings. The third-order valence-electron chi connectivity index (χ3n) is 3.17. The third kappa shape index (κ3) is 5.14. The summed E-state index contributed by atoms with van der Waals surface area (Å²) in [5.74, 6) is -0.740. The predicted octanol–water partition coefficient (Wildman–Crippen LogP) is 3.08. The number of aliphatic carboxylic acids is 1. The number of para-hydroxylation sites is 2. The Hall–Kier alpha value is -2.82. The number of Topliss-reactive ketones (excluding diaryl/α,β-unsaturated/α-hetero) is 1. The molecule has 0 saturated heterocycles. The van der Waals surface area contributed by atoms with Crippen molar-refractivity contribution in [2.75, 3.05) is 0 Å². The molecule has 23 heavy (non-hydrogen) atoms. The Balaban J connectivity index is 2.02. The van der Waals surface area contributed by atoms with Crippen LogP contribution in [0.15, 0.2) is 54.6 Å². The van der Waals surface area contributed by atoms with Crippen LogP contribution < -0.4 is 9.47 Å². The molecule has 0 aliphatic rings. The Bertz CT molecular complexity index is 666. The van der Waals surface area contributed by atoms with Crippen molar-refractivity contribution in [3.8, 4) is 11.5 Å². The molecule has 0 spiro atoms. The zero-order valence-electron chi connectivity index (χ0n) is 12.8. The average Bonchev–Trinajstić information content (AvgIpc) is 2.54. The Kier molecular flexibility index (Phi) is 5.74. The summed E-state index contributed by atoms with van der Waals surface area (Å²) in [6, 6.07) is 16.7. The summed E-state index contributed by atoms with van der Waals surface area (Å²) < 4.78 is 11.3. The molecule has 1 unspecified atom stereocenters. The van der Waals surface area contributed by atoms with Gasteiger partial charge in [-0.3, -0.25) is 9.59 Å². The molecule has 0 heterocycles. The number of carbonyl (C=O) groups is 2. The monoisotopic (exact) mass is 314 g/mol. The van der Waals surface area contributed by atoms with Crippen molar-refractivity contribution in [1.82, 2.24) is 0 Å². The van der Waals surface area contributed by atoms with E-state index < -0.39 is 24.3 Å². The number of carboxylic acid groups (broad SMARTS) is 1. The highest BCUT2D eigenvalue weighted by molar-refractivity contribution is 5.97. The summed E-state index contributed by atoms with van der Waals surface area (Å²) in [5, 5.41) is 8.66. The van der Waals surface area contributed by atoms with Gasteiger partial charge in [0.15, 0.2) is 23.4 Å². The first kappa shape index (κ1) is 16.5. The number of carbonyl (C=O) groups excluding carboxylic acids is 1. The molecule has 0 bridgehead atoms. The Morgan fingerprint density at radius 2 is 1.61 bits per heavy atom. The molecule has 0 aromatic heterocycles. The summed E-state index contributed by atoms with van der Waals surface area (Å²) >= 11 is 0. The molecular formula is C18H18O5. The van der Waals surface area contributed by atoms with Crippen LogP contribution in [0.5, 0.6) is 11.5 Å². The van der Waals surface area contributed by atoms with E-state index in [9.17, 15) is 9.59 Å². The van der Waals surface area contributed by atoms with E-state index in [0.717, 1.165) is 5.56 Å². The Morgan fingerprint density at radius 3 is 2.26 bits per heavy atom. The van der Waals surface area contributed by atoms with E-state index in [1.165, 1.54) is 6.92 Å². The van der Waals surface area contributed by atoms with E-state index in [1.54, 1.807) is 24.3 Å². The number of ketones is 1. The van der Waals surface area contributed by atoms with Crippen molar-refractivity contribution in [2.24, 2.45) is 0 Å². The highest BCUT2D eigenvalue weighted by Gasteiger charge is 2.19. The molecule has 0 aliphatic heterocycles. The van der Waals surface area contributed by atoms with Crippen molar-refractivity contribution in [3.05, 3.63) is 60.2 Å². The Morgan fingerprint density at radius 1 is 1.00 bits per heavy atom. The van der Waals surface area contributed by atoms with Gasteiger partial charge in [-0.05, 0) is 24.6 Å². The highest BCUT2D eigenvalue weighted by atomic mass is 16.5. The number of ether oxygens (including phenoxy) is 2. The van der Waals surface area contributed by atoms with Gasteiger partial charge in [0.25, 0.3) is 0 Å². The summed E-state index contributed by atoms with van der Waals surface area (Å²) in [6.07, 6.45) is -1.42. The van der Waals surface area contributed by atoms with Gasteiger partial charge in [-0.2, -0.15) is 0 Å². The first-order valence-corrected chi connectivity index (χ1v) is 7.23. The van der Waals surface area contributed by atoms with Gasteiger partial charge in [0, 0.05) is 0 Å². The van der Waals surface area contributed by atoms with Crippen LogP contribution in [-0.2, 0) is 16.2 Å². The van der Waals surface area contributed by atoms with Crippen molar-refractivity contribution < 1.29 is 24.2 Å². The molecule has 0 fully saturated rings. The lowest BCUT2D eigenvalue weighted by molar-refractivity contribution is -0.141. The minimum absolute atomic E-state index is 0.374. The van der Waals surface area contributed by atoms with E-state index >= 15 is 0 Å². The zero-order valence-corrected chi connectivity index (χ0v) is 12.8. The van der Waals surface area contributed by atoms with Crippen LogP contribution >= 0.6 is 0 Å². The van der Waals surface area contributed by atoms with Crippen LogP contribution in [0, 0.1) is 0 Å². The van der Waals surface area contributed by atoms with Crippen molar-refractivity contribution >= 4 is 11.8 Å². The first-order valence-electron chi connectivity index (χ1n) is 7.23. The fraction of sp³-hybridized carbons (Fsp3) is 0.222. The van der Waals surface area contributed by atoms with Crippen molar-refractivity contribution in [3.63, 3.8) is 0 Å². The van der Waals surface area contributed by atoms with Crippen LogP contribution in [0.25, 0.3) is 0 Å². The van der Waals surface area contributed by atoms with Crippen LogP contribution in [0.2, 0.25) is 0 Å². The molecule has 2 aromatic carbocycles. The van der Waals surface area contributed by atoms with Gasteiger partial charge in [-0.1, -0.05) is 42.5 Å². The number of carboxylic acids is 1. The molecule has 0 radical (unpaired) electrons. The van der Waals surface area contributed by atoms with Crippen molar-refractivity contribution in [2.45, 2.75) is 26.1 Å². The van der Waals surface area contributed by atoms with E-state index in [1.807, 2.05) is 30.3 Å². The predicted molar refractivity (Wildman–Crippen MR) is 84.6 cm³/mol. The average molecular weight is 314 g/mol. The molecular weight excluding hydrogens is 296 g/mol. The second-order valence-corrected chi connectivity index (χ2v) is 5.02. The second kappa shape index (κ2) is 7.98. The fourth-order valence-electron chi connectivity index (χ4n) is 1.95. The van der Waals surface area contributed by atoms with E-state index in [-0.39, 0.29) is 0 Å². The maximum absolute atomic E-state index is 11.7. The van der Waals surface area contributed by atoms with Gasteiger partial charge >= 0.3 is 5.97 Å². The minimum atomic E-state index is -1.17. The zero-order chi connectivity index (χ0) is 16.7. The lowest BCUT2D eigenvalue weighted by atomic mass is 10.2. The Labute approximate surface area is 134 Å². The minimum Gasteiger partial charge on any atom is -0.485 e. The maximum atomic E-state index is 11.7. The molecule has 0 aliphatic carbocycles. The number of hydrogen-bond acceptors (Lipinski definition) is 4. The molecule has 1 N–H and O–H groups in total. The van der Waals surface area contributed by atoms with Gasteiger partial charge in [-0.25, -0.2) is 0 Å². The third-order valence-corrected chi connectivity index (χ3v) is 3.17. The van der Waals surface area contributed by atoms with Crippen LogP contribution in [0.1, 0.15) is 18.9 Å². The lowest BCUT2D eigenvalue weighted by Gasteiger charge is -2.16. The normalized spacial score (nSPS) is 11.5. The van der Waals surface area contributed by atoms with E-state index in [0.29, 0.717) is 18.1 Å². The molecule has 0 amide bonds. The number of rotatable bonds is 8. The van der Waals surface area contributed by atoms with Crippen LogP contribution in [-0.4, -0.2) is 23.0 Å². The molecule has 1 atom stereocenters. The van der Waals surface area contributed by atoms with Crippen molar-refractivity contribution in [1.29, 1.82) is 0 Å². The number of benzene rings is 2. The van der Waals surface area contributed by atoms with Gasteiger partial charge in [0.1, 0.15) is 13.0 Å². The summed E-state index contributed by atoms with van der Waals surface area (Å²) in [7, 11) is 0. The molecule has 120 valence electrons. The summed E-state index contributed by atoms with van der Waals surface area (Å²) in [6.45, 7) is 1.90. The molecule has 5 nitrogen and oxygen atoms in total. The topological polar surface area (TPSA) is 72.8 Å². The highest BCUT2D eigenvalue weighted by Crippen LogP contribution is 2.28. The second-order valence-electron chi connectivity index (χ2n) is 5.02. The van der Waals surface area contributed by atoms with Gasteiger partial charge in [-0.15, -0.1) is 0 Å². The SMILES string of the molecule is CC(Oc1ccccc1OCc1ccccc1)C(=O)CC(=O)O. The maximum Gasteiger partial charge on any atom is 0.311 e. The lowest BCUT2D eigenvalue weighted by Crippen LogP contribution is -2.26. The van der Waals surface area contributed by atoms with Crippen LogP contribution in [0.4, 0.5) is 0 Å². The standard InChI is InChI=1S/C18H18O5/c1-13(15(19)11-18(20)21)23-17-10-6-5-9-16(17)22-12-14-7-3-2-4-8-14/h2-10,13H,11-12H2,1H3,(H,20,21). The fourth-order valence-corrected chi connectivity index (χ4v) is 1.95. The van der Waals surface area contributed by atoms with Gasteiger partial charge in [0.05, 0.1) is 0 Å². The molecule has 2 rings (SSSR count). The van der Waals surface area contributed by atoms with Gasteiger partial charge in [0.2, 0.25) is 0 Å². The quantitative estimate of drug-likeness (QED) is 0.758. The number of hydrogen-bond donors (Lipinski definition) is 1. The summed E-state index contributed by atoms with van der Waals surface area (Å²) in [5.41, 5.74) is 1.01. The summed E-state index contributed by atoms with van der Waals surface area (Å²) in [4.78, 5) is 22.3. The van der Waals surface area contributed by atoms with Gasteiger partial charge < -0.3 is 14.6 Å². The largest absolute Gasteiger partial charge is 0.485 e. The molecule has 0 saturated carbocycles. The smallest absolute Gasteiger partial charge is 0.311 e. The first-order chi connectivity index (χ1) is 11.1. The van der Waals surface area contributed by atoms with E-state index in [4.69, 9.17) is 14.6 Å². The van der Waals surface area contributed by atoms with Crippen LogP contribution in [0.3, 0.4) is 0 Å². The van der Waals surface area contributed by atoms with E-state index in [2.05, 4.69) is 0 Å². The molecule has 5 heteroatoms.